The molecule has 7 heteroatoms. The molecule has 0 radical (unpaired) electrons. The monoisotopic (exact) mass is 376 g/mol. The van der Waals surface area contributed by atoms with Crippen LogP contribution >= 0.6 is 12.4 Å². The molecule has 0 aliphatic carbocycles. The molecule has 0 aromatic heterocycles. The Kier molecular flexibility index (Phi) is 9.55. The van der Waals surface area contributed by atoms with Crippen LogP contribution in [0.15, 0.2) is 30.3 Å². The number of carbonyl (C=O) groups excluding carboxylic acids is 1. The lowest BCUT2D eigenvalue weighted by Crippen LogP contribution is -2.42. The molecule has 1 aromatic rings. The molecule has 0 heterocycles. The molecule has 0 saturated carbocycles. The molecule has 1 rings (SSSR count). The van der Waals surface area contributed by atoms with Gasteiger partial charge in [0.25, 0.3) is 0 Å². The van der Waals surface area contributed by atoms with Gasteiger partial charge in [0.05, 0.1) is 5.75 Å². The maximum absolute atomic E-state index is 12.1. The number of amides is 1. The second-order valence-electron chi connectivity index (χ2n) is 6.80. The molecule has 0 atom stereocenters. The van der Waals surface area contributed by atoms with Gasteiger partial charge in [-0.25, -0.2) is 8.42 Å². The summed E-state index contributed by atoms with van der Waals surface area (Å²) in [4.78, 5) is 13.6. The molecule has 5 nitrogen and oxygen atoms in total. The van der Waals surface area contributed by atoms with E-state index in [1.165, 1.54) is 4.90 Å². The summed E-state index contributed by atoms with van der Waals surface area (Å²) in [7, 11) is -1.76. The van der Waals surface area contributed by atoms with Crippen molar-refractivity contribution in [2.75, 3.05) is 31.6 Å². The molecular weight excluding hydrogens is 348 g/mol. The van der Waals surface area contributed by atoms with Gasteiger partial charge in [-0.2, -0.15) is 0 Å². The summed E-state index contributed by atoms with van der Waals surface area (Å²) in [6.45, 7) is 4.78. The van der Waals surface area contributed by atoms with E-state index in [0.29, 0.717) is 25.9 Å². The lowest BCUT2D eigenvalue weighted by atomic mass is 9.93. The van der Waals surface area contributed by atoms with E-state index in [0.717, 1.165) is 5.56 Å². The number of nitrogens with two attached hydrogens (primary N) is 1. The fourth-order valence-corrected chi connectivity index (χ4v) is 3.63. The van der Waals surface area contributed by atoms with Gasteiger partial charge in [0.15, 0.2) is 9.84 Å². The molecule has 1 amide bonds. The number of benzene rings is 1. The minimum Gasteiger partial charge on any atom is -0.344 e. The Morgan fingerprint density at radius 3 is 2.33 bits per heavy atom. The van der Waals surface area contributed by atoms with Crippen LogP contribution in [0, 0.1) is 5.41 Å². The fourth-order valence-electron chi connectivity index (χ4n) is 2.31. The number of sulfone groups is 1. The number of nitrogens with zero attached hydrogens (tertiary/aromatic N) is 1. The summed E-state index contributed by atoms with van der Waals surface area (Å²) >= 11 is 0. The molecule has 0 spiro atoms. The zero-order valence-corrected chi connectivity index (χ0v) is 16.3. The molecule has 0 aliphatic heterocycles. The Labute approximate surface area is 151 Å². The van der Waals surface area contributed by atoms with Crippen LogP contribution in [0.3, 0.4) is 0 Å². The second-order valence-corrected chi connectivity index (χ2v) is 8.98. The van der Waals surface area contributed by atoms with Gasteiger partial charge in [0, 0.05) is 13.6 Å². The van der Waals surface area contributed by atoms with Gasteiger partial charge in [-0.05, 0) is 30.4 Å². The van der Waals surface area contributed by atoms with Crippen molar-refractivity contribution in [2.45, 2.75) is 26.7 Å². The van der Waals surface area contributed by atoms with Crippen LogP contribution in [0.2, 0.25) is 0 Å². The highest BCUT2D eigenvalue weighted by Gasteiger charge is 2.24. The largest absolute Gasteiger partial charge is 0.344 e. The minimum atomic E-state index is -3.38. The van der Waals surface area contributed by atoms with E-state index in [9.17, 15) is 13.2 Å². The van der Waals surface area contributed by atoms with Gasteiger partial charge >= 0.3 is 0 Å². The van der Waals surface area contributed by atoms with Crippen molar-refractivity contribution in [3.63, 3.8) is 0 Å². The van der Waals surface area contributed by atoms with Crippen LogP contribution in [-0.4, -0.2) is 50.9 Å². The molecule has 0 unspecified atom stereocenters. The Hall–Kier alpha value is -1.11. The van der Waals surface area contributed by atoms with Gasteiger partial charge in [0.1, 0.15) is 5.75 Å². The lowest BCUT2D eigenvalue weighted by molar-refractivity contribution is -0.128. The SMILES string of the molecule is CN(CC(C)(C)CN)C(=O)CS(=O)(=O)CCCc1ccccc1.Cl. The van der Waals surface area contributed by atoms with Crippen LogP contribution in [0.5, 0.6) is 0 Å². The summed E-state index contributed by atoms with van der Waals surface area (Å²) in [5, 5.41) is 0. The predicted molar refractivity (Wildman–Crippen MR) is 101 cm³/mol. The summed E-state index contributed by atoms with van der Waals surface area (Å²) in [5.41, 5.74) is 6.53. The molecule has 2 N–H and O–H groups in total. The number of halogens is 1. The van der Waals surface area contributed by atoms with Crippen molar-refractivity contribution < 1.29 is 13.2 Å². The van der Waals surface area contributed by atoms with E-state index in [2.05, 4.69) is 0 Å². The second kappa shape index (κ2) is 10.0. The van der Waals surface area contributed by atoms with Gasteiger partial charge in [-0.15, -0.1) is 12.4 Å². The van der Waals surface area contributed by atoms with Crippen LogP contribution in [0.25, 0.3) is 0 Å². The molecule has 0 fully saturated rings. The summed E-state index contributed by atoms with van der Waals surface area (Å²) in [6.07, 6.45) is 1.22. The number of aryl methyl sites for hydroxylation is 1. The van der Waals surface area contributed by atoms with Gasteiger partial charge < -0.3 is 10.6 Å². The fraction of sp³-hybridized carbons (Fsp3) is 0.588. The average molecular weight is 377 g/mol. The maximum Gasteiger partial charge on any atom is 0.237 e. The van der Waals surface area contributed by atoms with E-state index in [1.807, 2.05) is 44.2 Å². The van der Waals surface area contributed by atoms with E-state index in [1.54, 1.807) is 7.05 Å². The first kappa shape index (κ1) is 22.9. The van der Waals surface area contributed by atoms with E-state index >= 15 is 0 Å². The topological polar surface area (TPSA) is 80.5 Å². The number of hydrogen-bond acceptors (Lipinski definition) is 4. The Morgan fingerprint density at radius 1 is 1.21 bits per heavy atom. The van der Waals surface area contributed by atoms with Crippen molar-refractivity contribution in [2.24, 2.45) is 11.1 Å². The van der Waals surface area contributed by atoms with Crippen LogP contribution in [0.1, 0.15) is 25.8 Å². The molecule has 1 aromatic carbocycles. The zero-order chi connectivity index (χ0) is 17.5. The van der Waals surface area contributed by atoms with E-state index in [4.69, 9.17) is 5.73 Å². The van der Waals surface area contributed by atoms with Crippen LogP contribution in [-0.2, 0) is 21.1 Å². The van der Waals surface area contributed by atoms with Gasteiger partial charge in [0.2, 0.25) is 5.91 Å². The average Bonchev–Trinajstić information content (AvgIpc) is 2.47. The number of carbonyl (C=O) groups is 1. The first-order chi connectivity index (χ1) is 10.7. The molecule has 0 saturated heterocycles. The molecule has 0 bridgehead atoms. The third kappa shape index (κ3) is 8.66. The number of rotatable bonds is 9. The van der Waals surface area contributed by atoms with Gasteiger partial charge in [-0.3, -0.25) is 4.79 Å². The maximum atomic E-state index is 12.1. The minimum absolute atomic E-state index is 0. The van der Waals surface area contributed by atoms with Gasteiger partial charge in [-0.1, -0.05) is 44.2 Å². The first-order valence-corrected chi connectivity index (χ1v) is 9.66. The highest BCUT2D eigenvalue weighted by atomic mass is 35.5. The molecule has 0 aliphatic rings. The van der Waals surface area contributed by atoms with Crippen molar-refractivity contribution in [3.8, 4) is 0 Å². The van der Waals surface area contributed by atoms with Crippen molar-refractivity contribution in [1.82, 2.24) is 4.90 Å². The Bertz CT molecular complexity index is 604. The number of hydrogen-bond donors (Lipinski definition) is 1. The van der Waals surface area contributed by atoms with Crippen LogP contribution in [0.4, 0.5) is 0 Å². The molecule has 138 valence electrons. The van der Waals surface area contributed by atoms with Crippen molar-refractivity contribution >= 4 is 28.2 Å². The predicted octanol–water partition coefficient (Wildman–Crippen LogP) is 1.90. The standard InChI is InChI=1S/C17H28N2O3S.ClH/c1-17(2,13-18)14-19(3)16(20)12-23(21,22)11-7-10-15-8-5-4-6-9-15;/h4-6,8-9H,7,10-14,18H2,1-3H3;1H. The first-order valence-electron chi connectivity index (χ1n) is 7.84. The molecular formula is C17H29ClN2O3S. The summed E-state index contributed by atoms with van der Waals surface area (Å²) in [5.74, 6) is -0.771. The molecule has 24 heavy (non-hydrogen) atoms. The Balaban J connectivity index is 0.00000529. The third-order valence-electron chi connectivity index (χ3n) is 3.75. The zero-order valence-electron chi connectivity index (χ0n) is 14.7. The van der Waals surface area contributed by atoms with E-state index < -0.39 is 15.6 Å². The summed E-state index contributed by atoms with van der Waals surface area (Å²) < 4.78 is 24.2. The highest BCUT2D eigenvalue weighted by Crippen LogP contribution is 2.14. The van der Waals surface area contributed by atoms with Crippen LogP contribution < -0.4 is 5.73 Å². The Morgan fingerprint density at radius 2 is 1.79 bits per heavy atom. The summed E-state index contributed by atoms with van der Waals surface area (Å²) in [6, 6.07) is 9.74. The smallest absolute Gasteiger partial charge is 0.237 e. The van der Waals surface area contributed by atoms with Crippen molar-refractivity contribution in [3.05, 3.63) is 35.9 Å². The lowest BCUT2D eigenvalue weighted by Gasteiger charge is -2.29. The highest BCUT2D eigenvalue weighted by molar-refractivity contribution is 7.92. The van der Waals surface area contributed by atoms with E-state index in [-0.39, 0.29) is 29.5 Å². The van der Waals surface area contributed by atoms with Crippen molar-refractivity contribution in [1.29, 1.82) is 0 Å². The quantitative estimate of drug-likeness (QED) is 0.713. The third-order valence-corrected chi connectivity index (χ3v) is 5.35. The normalized spacial score (nSPS) is 11.7.